The summed E-state index contributed by atoms with van der Waals surface area (Å²) < 4.78 is 28.0. The number of aromatic nitrogens is 1. The Bertz CT molecular complexity index is 430. The molecular formula is C8H12N2O3S. The van der Waals surface area contributed by atoms with Gasteiger partial charge in [-0.15, -0.1) is 0 Å². The van der Waals surface area contributed by atoms with Gasteiger partial charge in [-0.3, -0.25) is 0 Å². The van der Waals surface area contributed by atoms with Crippen molar-refractivity contribution in [2.24, 2.45) is 0 Å². The number of hydrogen-bond acceptors (Lipinski definition) is 5. The van der Waals surface area contributed by atoms with Crippen LogP contribution in [0.25, 0.3) is 0 Å². The fourth-order valence-corrected chi connectivity index (χ4v) is 3.93. The largest absolute Gasteiger partial charge is 0.367 e. The number of hydrogen-bond donors (Lipinski definition) is 1. The molecule has 14 heavy (non-hydrogen) atoms. The van der Waals surface area contributed by atoms with Gasteiger partial charge in [-0.25, -0.2) is 8.42 Å². The summed E-state index contributed by atoms with van der Waals surface area (Å²) in [6, 6.07) is 0. The van der Waals surface area contributed by atoms with Crippen LogP contribution >= 0.6 is 0 Å². The highest BCUT2D eigenvalue weighted by atomic mass is 32.2. The van der Waals surface area contributed by atoms with Gasteiger partial charge >= 0.3 is 0 Å². The summed E-state index contributed by atoms with van der Waals surface area (Å²) in [6.45, 7) is 1.71. The monoisotopic (exact) mass is 216 g/mol. The van der Waals surface area contributed by atoms with Crippen molar-refractivity contribution >= 4 is 15.7 Å². The smallest absolute Gasteiger partial charge is 0.226 e. The highest BCUT2D eigenvalue weighted by molar-refractivity contribution is 7.91. The Morgan fingerprint density at radius 1 is 1.57 bits per heavy atom. The minimum absolute atomic E-state index is 0.137. The van der Waals surface area contributed by atoms with E-state index in [1.54, 1.807) is 6.92 Å². The highest BCUT2D eigenvalue weighted by Crippen LogP contribution is 2.38. The minimum atomic E-state index is -3.04. The Kier molecular flexibility index (Phi) is 2.02. The molecule has 1 unspecified atom stereocenters. The second-order valence-corrected chi connectivity index (χ2v) is 5.85. The van der Waals surface area contributed by atoms with E-state index in [0.717, 1.165) is 0 Å². The van der Waals surface area contributed by atoms with E-state index < -0.39 is 15.1 Å². The van der Waals surface area contributed by atoms with Gasteiger partial charge in [0.05, 0.1) is 22.3 Å². The SMILES string of the molecule is Cc1noc(N)c1C1CCCS1(=O)=O. The number of nitrogen functional groups attached to an aromatic ring is 1. The van der Waals surface area contributed by atoms with Gasteiger partial charge in [-0.1, -0.05) is 5.16 Å². The minimum Gasteiger partial charge on any atom is -0.367 e. The Morgan fingerprint density at radius 3 is 2.71 bits per heavy atom. The number of nitrogens with zero attached hydrogens (tertiary/aromatic N) is 1. The first-order valence-corrected chi connectivity index (χ1v) is 6.17. The first kappa shape index (κ1) is 9.51. The molecule has 0 aliphatic carbocycles. The van der Waals surface area contributed by atoms with Gasteiger partial charge in [0, 0.05) is 0 Å². The van der Waals surface area contributed by atoms with E-state index in [0.29, 0.717) is 24.1 Å². The average molecular weight is 216 g/mol. The van der Waals surface area contributed by atoms with Crippen LogP contribution in [-0.2, 0) is 9.84 Å². The summed E-state index contributed by atoms with van der Waals surface area (Å²) in [5, 5.41) is 3.16. The lowest BCUT2D eigenvalue weighted by Gasteiger charge is -2.07. The van der Waals surface area contributed by atoms with Crippen LogP contribution in [0.5, 0.6) is 0 Å². The van der Waals surface area contributed by atoms with Crippen molar-refractivity contribution in [3.8, 4) is 0 Å². The molecule has 1 atom stereocenters. The van der Waals surface area contributed by atoms with Crippen LogP contribution in [0.3, 0.4) is 0 Å². The van der Waals surface area contributed by atoms with E-state index in [-0.39, 0.29) is 11.6 Å². The Balaban J connectivity index is 2.50. The van der Waals surface area contributed by atoms with Crippen molar-refractivity contribution < 1.29 is 12.9 Å². The molecule has 78 valence electrons. The fraction of sp³-hybridized carbons (Fsp3) is 0.625. The molecule has 2 rings (SSSR count). The van der Waals surface area contributed by atoms with Crippen molar-refractivity contribution in [1.82, 2.24) is 5.16 Å². The lowest BCUT2D eigenvalue weighted by molar-refractivity contribution is 0.431. The van der Waals surface area contributed by atoms with Crippen LogP contribution in [0, 0.1) is 6.92 Å². The van der Waals surface area contributed by atoms with E-state index in [2.05, 4.69) is 5.16 Å². The van der Waals surface area contributed by atoms with Crippen LogP contribution in [-0.4, -0.2) is 19.3 Å². The van der Waals surface area contributed by atoms with E-state index in [1.807, 2.05) is 0 Å². The summed E-state index contributed by atoms with van der Waals surface area (Å²) in [7, 11) is -3.04. The number of nitrogens with two attached hydrogens (primary N) is 1. The molecule has 2 heterocycles. The van der Waals surface area contributed by atoms with E-state index >= 15 is 0 Å². The van der Waals surface area contributed by atoms with Crippen LogP contribution < -0.4 is 5.73 Å². The summed E-state index contributed by atoms with van der Waals surface area (Å²) in [6.07, 6.45) is 1.31. The van der Waals surface area contributed by atoms with Gasteiger partial charge in [0.1, 0.15) is 0 Å². The molecular weight excluding hydrogens is 204 g/mol. The van der Waals surface area contributed by atoms with Crippen molar-refractivity contribution in [2.75, 3.05) is 11.5 Å². The van der Waals surface area contributed by atoms with E-state index in [1.165, 1.54) is 0 Å². The van der Waals surface area contributed by atoms with Gasteiger partial charge in [-0.05, 0) is 19.8 Å². The molecule has 1 fully saturated rings. The summed E-state index contributed by atoms with van der Waals surface area (Å²) in [5.41, 5.74) is 6.69. The van der Waals surface area contributed by atoms with Crippen LogP contribution in [0.1, 0.15) is 29.3 Å². The predicted octanol–water partition coefficient (Wildman–Crippen LogP) is 0.815. The zero-order valence-corrected chi connectivity index (χ0v) is 8.67. The van der Waals surface area contributed by atoms with Crippen LogP contribution in [0.4, 0.5) is 5.88 Å². The Labute approximate surface area is 82.2 Å². The third-order valence-corrected chi connectivity index (χ3v) is 4.78. The first-order chi connectivity index (χ1) is 6.52. The number of sulfone groups is 1. The third-order valence-electron chi connectivity index (χ3n) is 2.59. The van der Waals surface area contributed by atoms with Gasteiger partial charge < -0.3 is 10.3 Å². The molecule has 1 aromatic heterocycles. The molecule has 6 heteroatoms. The van der Waals surface area contributed by atoms with E-state index in [9.17, 15) is 8.42 Å². The van der Waals surface area contributed by atoms with Crippen molar-refractivity contribution in [3.63, 3.8) is 0 Å². The Hall–Kier alpha value is -1.04. The molecule has 0 aromatic carbocycles. The molecule has 1 aromatic rings. The van der Waals surface area contributed by atoms with Gasteiger partial charge in [0.15, 0.2) is 9.84 Å². The second-order valence-electron chi connectivity index (χ2n) is 3.54. The molecule has 0 radical (unpaired) electrons. The quantitative estimate of drug-likeness (QED) is 0.750. The number of anilines is 1. The second kappa shape index (κ2) is 2.98. The molecule has 5 nitrogen and oxygen atoms in total. The normalized spacial score (nSPS) is 25.4. The number of aryl methyl sites for hydroxylation is 1. The van der Waals surface area contributed by atoms with E-state index in [4.69, 9.17) is 10.3 Å². The zero-order chi connectivity index (χ0) is 10.3. The maximum atomic E-state index is 11.6. The molecule has 1 saturated heterocycles. The number of rotatable bonds is 1. The van der Waals surface area contributed by atoms with Crippen molar-refractivity contribution in [3.05, 3.63) is 11.3 Å². The molecule has 1 aliphatic heterocycles. The molecule has 1 aliphatic rings. The summed E-state index contributed by atoms with van der Waals surface area (Å²) in [4.78, 5) is 0. The van der Waals surface area contributed by atoms with Crippen molar-refractivity contribution in [1.29, 1.82) is 0 Å². The fourth-order valence-electron chi connectivity index (χ4n) is 1.90. The zero-order valence-electron chi connectivity index (χ0n) is 7.86. The standard InChI is InChI=1S/C8H12N2O3S/c1-5-7(8(9)13-10-5)6-3-2-4-14(6,11)12/h6H,2-4,9H2,1H3. The van der Waals surface area contributed by atoms with Crippen molar-refractivity contribution in [2.45, 2.75) is 25.0 Å². The lowest BCUT2D eigenvalue weighted by Crippen LogP contribution is -2.09. The topological polar surface area (TPSA) is 86.2 Å². The van der Waals surface area contributed by atoms with Gasteiger partial charge in [-0.2, -0.15) is 0 Å². The Morgan fingerprint density at radius 2 is 2.29 bits per heavy atom. The maximum absolute atomic E-state index is 11.6. The highest BCUT2D eigenvalue weighted by Gasteiger charge is 2.36. The third kappa shape index (κ3) is 1.30. The molecule has 2 N–H and O–H groups in total. The summed E-state index contributed by atoms with van der Waals surface area (Å²) >= 11 is 0. The molecule has 0 spiro atoms. The summed E-state index contributed by atoms with van der Waals surface area (Å²) in [5.74, 6) is 0.375. The molecule has 0 amide bonds. The average Bonchev–Trinajstić information content (AvgIpc) is 2.57. The van der Waals surface area contributed by atoms with Gasteiger partial charge in [0.2, 0.25) is 5.88 Å². The van der Waals surface area contributed by atoms with Crippen LogP contribution in [0.2, 0.25) is 0 Å². The van der Waals surface area contributed by atoms with Gasteiger partial charge in [0.25, 0.3) is 0 Å². The lowest BCUT2D eigenvalue weighted by atomic mass is 10.1. The predicted molar refractivity (Wildman–Crippen MR) is 51.4 cm³/mol. The maximum Gasteiger partial charge on any atom is 0.226 e. The van der Waals surface area contributed by atoms with Crippen LogP contribution in [0.15, 0.2) is 4.52 Å². The molecule has 0 bridgehead atoms. The first-order valence-electron chi connectivity index (χ1n) is 4.45. The molecule has 0 saturated carbocycles.